The summed E-state index contributed by atoms with van der Waals surface area (Å²) in [7, 11) is 0. The largest absolute Gasteiger partial charge is 0.506 e. The molecule has 0 fully saturated rings. The number of rotatable bonds is 4. The highest BCUT2D eigenvalue weighted by Gasteiger charge is 2.29. The summed E-state index contributed by atoms with van der Waals surface area (Å²) in [6.45, 7) is 0. The van der Waals surface area contributed by atoms with Gasteiger partial charge in [0.25, 0.3) is 0 Å². The molecule has 0 spiro atoms. The first-order valence-corrected chi connectivity index (χ1v) is 13.7. The third-order valence-electron chi connectivity index (χ3n) is 7.55. The zero-order valence-electron chi connectivity index (χ0n) is 21.9. The molecule has 0 radical (unpaired) electrons. The zero-order valence-corrected chi connectivity index (χ0v) is 22.6. The topological polar surface area (TPSA) is 80.6 Å². The minimum Gasteiger partial charge on any atom is -0.506 e. The van der Waals surface area contributed by atoms with Gasteiger partial charge >= 0.3 is 5.63 Å². The molecular formula is C34H24ClN3O3. The predicted molar refractivity (Wildman–Crippen MR) is 162 cm³/mol. The summed E-state index contributed by atoms with van der Waals surface area (Å²) in [5, 5.41) is 17.5. The Morgan fingerprint density at radius 3 is 2.41 bits per heavy atom. The summed E-state index contributed by atoms with van der Waals surface area (Å²) in [6, 6.07) is 32.5. The number of aliphatic imine (C=N–C) groups is 1. The number of nitrogens with zero attached hydrogens (tertiary/aromatic N) is 3. The fraction of sp³-hybridized carbons (Fsp3) is 0.0882. The molecule has 2 aromatic heterocycles. The number of fused-ring (bicyclic) bond motifs is 2. The van der Waals surface area contributed by atoms with Gasteiger partial charge in [-0.1, -0.05) is 72.3 Å². The highest BCUT2D eigenvalue weighted by atomic mass is 35.5. The van der Waals surface area contributed by atoms with Crippen molar-refractivity contribution in [3.8, 4) is 22.7 Å². The van der Waals surface area contributed by atoms with E-state index >= 15 is 0 Å². The normalized spacial score (nSPS) is 14.9. The van der Waals surface area contributed by atoms with Gasteiger partial charge < -0.3 is 9.52 Å². The van der Waals surface area contributed by atoms with Crippen molar-refractivity contribution in [2.45, 2.75) is 18.8 Å². The summed E-state index contributed by atoms with van der Waals surface area (Å²) in [4.78, 5) is 18.2. The van der Waals surface area contributed by atoms with Crippen molar-refractivity contribution in [1.29, 1.82) is 0 Å². The highest BCUT2D eigenvalue weighted by Crippen LogP contribution is 2.40. The van der Waals surface area contributed by atoms with Crippen molar-refractivity contribution in [3.05, 3.63) is 141 Å². The minimum absolute atomic E-state index is 0.0916. The van der Waals surface area contributed by atoms with Crippen LogP contribution in [0.1, 0.15) is 29.0 Å². The molecule has 1 aliphatic rings. The first-order chi connectivity index (χ1) is 20.0. The molecule has 0 saturated carbocycles. The van der Waals surface area contributed by atoms with Crippen LogP contribution in [0.2, 0.25) is 5.02 Å². The molecule has 0 saturated heterocycles. The number of para-hydroxylation sites is 3. The molecule has 0 amide bonds. The summed E-state index contributed by atoms with van der Waals surface area (Å²) in [5.74, 6) is -0.225. The minimum atomic E-state index is -0.615. The van der Waals surface area contributed by atoms with Crippen molar-refractivity contribution >= 4 is 34.0 Å². The van der Waals surface area contributed by atoms with Gasteiger partial charge in [0.1, 0.15) is 16.9 Å². The maximum absolute atomic E-state index is 13.3. The van der Waals surface area contributed by atoms with Crippen LogP contribution in [-0.4, -0.2) is 20.6 Å². The Bertz CT molecular complexity index is 1990. The Labute approximate surface area is 240 Å². The smallest absolute Gasteiger partial charge is 0.349 e. The molecule has 7 heteroatoms. The van der Waals surface area contributed by atoms with Crippen molar-refractivity contribution in [2.75, 3.05) is 0 Å². The van der Waals surface area contributed by atoms with Crippen LogP contribution >= 0.6 is 11.6 Å². The molecule has 7 rings (SSSR count). The second kappa shape index (κ2) is 10.2. The lowest BCUT2D eigenvalue weighted by Gasteiger charge is -2.17. The van der Waals surface area contributed by atoms with Crippen molar-refractivity contribution in [1.82, 2.24) is 9.78 Å². The lowest BCUT2D eigenvalue weighted by Crippen LogP contribution is -2.18. The molecule has 6 nitrogen and oxygen atoms in total. The Morgan fingerprint density at radius 2 is 1.59 bits per heavy atom. The molecule has 1 atom stereocenters. The van der Waals surface area contributed by atoms with Crippen LogP contribution < -0.4 is 5.63 Å². The van der Waals surface area contributed by atoms with Crippen molar-refractivity contribution in [3.63, 3.8) is 0 Å². The van der Waals surface area contributed by atoms with Crippen LogP contribution in [0.3, 0.4) is 0 Å². The summed E-state index contributed by atoms with van der Waals surface area (Å²) < 4.78 is 7.52. The van der Waals surface area contributed by atoms with E-state index < -0.39 is 5.63 Å². The molecule has 41 heavy (non-hydrogen) atoms. The third-order valence-corrected chi connectivity index (χ3v) is 7.80. The van der Waals surface area contributed by atoms with Crippen LogP contribution in [-0.2, 0) is 6.42 Å². The van der Waals surface area contributed by atoms with E-state index in [1.165, 1.54) is 0 Å². The van der Waals surface area contributed by atoms with E-state index in [4.69, 9.17) is 26.1 Å². The molecule has 4 aromatic carbocycles. The van der Waals surface area contributed by atoms with E-state index in [0.29, 0.717) is 34.5 Å². The Balaban J connectivity index is 1.42. The number of benzene rings is 4. The number of halogens is 1. The lowest BCUT2D eigenvalue weighted by atomic mass is 9.86. The molecular weight excluding hydrogens is 534 g/mol. The van der Waals surface area contributed by atoms with Gasteiger partial charge in [0, 0.05) is 22.3 Å². The van der Waals surface area contributed by atoms with Gasteiger partial charge in [-0.3, -0.25) is 4.99 Å². The quantitative estimate of drug-likeness (QED) is 0.224. The summed E-state index contributed by atoms with van der Waals surface area (Å²) >= 11 is 6.22. The maximum Gasteiger partial charge on any atom is 0.349 e. The lowest BCUT2D eigenvalue weighted by molar-refractivity contribution is 0.465. The fourth-order valence-corrected chi connectivity index (χ4v) is 5.68. The SMILES string of the molecule is O=c1oc2ccccc2c(O)c1C1=Nc2ccccc2CC(c2cn(-c3ccccc3)nc2-c2ccc(Cl)cc2)C1. The first-order valence-electron chi connectivity index (χ1n) is 13.4. The second-order valence-corrected chi connectivity index (χ2v) is 10.6. The summed E-state index contributed by atoms with van der Waals surface area (Å²) in [6.07, 6.45) is 3.12. The van der Waals surface area contributed by atoms with Gasteiger partial charge in [0.05, 0.1) is 28.2 Å². The molecule has 3 heterocycles. The van der Waals surface area contributed by atoms with E-state index in [2.05, 4.69) is 12.3 Å². The number of aromatic nitrogens is 2. The number of aromatic hydroxyl groups is 1. The average molecular weight is 558 g/mol. The summed E-state index contributed by atoms with van der Waals surface area (Å²) in [5.41, 5.74) is 5.80. The van der Waals surface area contributed by atoms with E-state index in [0.717, 1.165) is 33.8 Å². The molecule has 6 aromatic rings. The van der Waals surface area contributed by atoms with Crippen LogP contribution in [0, 0.1) is 0 Å². The Morgan fingerprint density at radius 1 is 0.854 bits per heavy atom. The third kappa shape index (κ3) is 4.62. The van der Waals surface area contributed by atoms with Crippen molar-refractivity contribution < 1.29 is 9.52 Å². The molecule has 1 unspecified atom stereocenters. The molecule has 0 aliphatic carbocycles. The maximum atomic E-state index is 13.3. The second-order valence-electron chi connectivity index (χ2n) is 10.1. The van der Waals surface area contributed by atoms with E-state index in [-0.39, 0.29) is 17.2 Å². The van der Waals surface area contributed by atoms with E-state index in [9.17, 15) is 9.90 Å². The van der Waals surface area contributed by atoms with Crippen molar-refractivity contribution in [2.24, 2.45) is 4.99 Å². The molecule has 0 bridgehead atoms. The average Bonchev–Trinajstić information content (AvgIpc) is 3.35. The number of hydrogen-bond acceptors (Lipinski definition) is 5. The van der Waals surface area contributed by atoms with E-state index in [1.807, 2.05) is 77.5 Å². The van der Waals surface area contributed by atoms with Crippen LogP contribution in [0.25, 0.3) is 27.9 Å². The Kier molecular flexibility index (Phi) is 6.25. The fourth-order valence-electron chi connectivity index (χ4n) is 5.55. The van der Waals surface area contributed by atoms with Crippen LogP contribution in [0.5, 0.6) is 5.75 Å². The van der Waals surface area contributed by atoms with Crippen LogP contribution in [0.4, 0.5) is 5.69 Å². The van der Waals surface area contributed by atoms with Gasteiger partial charge in [-0.2, -0.15) is 5.10 Å². The predicted octanol–water partition coefficient (Wildman–Crippen LogP) is 7.86. The first kappa shape index (κ1) is 25.1. The molecule has 200 valence electrons. The van der Waals surface area contributed by atoms with E-state index in [1.54, 1.807) is 24.3 Å². The molecule has 1 aliphatic heterocycles. The monoisotopic (exact) mass is 557 g/mol. The Hall–Kier alpha value is -4.94. The van der Waals surface area contributed by atoms with Crippen LogP contribution in [0.15, 0.2) is 124 Å². The highest BCUT2D eigenvalue weighted by molar-refractivity contribution is 6.30. The van der Waals surface area contributed by atoms with Gasteiger partial charge in [-0.15, -0.1) is 0 Å². The molecule has 1 N–H and O–H groups in total. The van der Waals surface area contributed by atoms with Gasteiger partial charge in [0.2, 0.25) is 0 Å². The van der Waals surface area contributed by atoms with Gasteiger partial charge in [0.15, 0.2) is 0 Å². The van der Waals surface area contributed by atoms with Gasteiger partial charge in [-0.25, -0.2) is 9.48 Å². The van der Waals surface area contributed by atoms with Gasteiger partial charge in [-0.05, 0) is 66.8 Å². The number of hydrogen-bond donors (Lipinski definition) is 1. The standard InChI is InChI=1S/C34H24ClN3O3/c35-24-16-14-21(15-17-24)32-27(20-38(37-32)25-9-2-1-3-10-25)23-18-22-8-4-6-12-28(22)36-29(19-23)31-33(39)26-11-5-7-13-30(26)41-34(31)40/h1-17,20,23,39H,18-19H2. The zero-order chi connectivity index (χ0) is 27.9.